The summed E-state index contributed by atoms with van der Waals surface area (Å²) in [6.07, 6.45) is -3.29. The summed E-state index contributed by atoms with van der Waals surface area (Å²) in [4.78, 5) is 0. The third kappa shape index (κ3) is 2.63. The number of hydrogen-bond acceptors (Lipinski definition) is 1. The van der Waals surface area contributed by atoms with E-state index in [4.69, 9.17) is 11.6 Å². The Bertz CT molecular complexity index is 511. The van der Waals surface area contributed by atoms with Crippen LogP contribution in [-0.2, 0) is 5.60 Å². The summed E-state index contributed by atoms with van der Waals surface area (Å²) in [5.74, 6) is 4.39. The molecule has 1 N–H and O–H groups in total. The van der Waals surface area contributed by atoms with Gasteiger partial charge in [-0.05, 0) is 25.0 Å². The van der Waals surface area contributed by atoms with Crippen LogP contribution in [-0.4, -0.2) is 11.3 Å². The van der Waals surface area contributed by atoms with Crippen molar-refractivity contribution in [3.63, 3.8) is 0 Å². The van der Waals surface area contributed by atoms with Gasteiger partial charge in [0.1, 0.15) is 0 Å². The Hall–Kier alpha value is -1.18. The molecule has 0 radical (unpaired) electrons. The monoisotopic (exact) mass is 274 g/mol. The van der Waals surface area contributed by atoms with E-state index in [0.717, 1.165) is 18.9 Å². The molecule has 1 aliphatic carbocycles. The fraction of sp³-hybridized carbons (Fsp3) is 0.385. The van der Waals surface area contributed by atoms with Crippen LogP contribution in [0, 0.1) is 17.8 Å². The van der Waals surface area contributed by atoms with Crippen molar-refractivity contribution in [2.75, 3.05) is 0 Å². The maximum atomic E-state index is 13.0. The van der Waals surface area contributed by atoms with E-state index in [2.05, 4.69) is 5.92 Å². The molecule has 0 heterocycles. The Morgan fingerprint density at radius 2 is 1.94 bits per heavy atom. The highest BCUT2D eigenvalue weighted by Gasteiger charge is 2.54. The molecule has 1 unspecified atom stereocenters. The lowest BCUT2D eigenvalue weighted by molar-refractivity contribution is -0.240. The second-order valence-electron chi connectivity index (χ2n) is 4.26. The van der Waals surface area contributed by atoms with Gasteiger partial charge in [-0.1, -0.05) is 35.6 Å². The highest BCUT2D eigenvalue weighted by molar-refractivity contribution is 6.30. The normalized spacial score (nSPS) is 18.7. The average molecular weight is 275 g/mol. The van der Waals surface area contributed by atoms with Crippen molar-refractivity contribution in [2.45, 2.75) is 24.6 Å². The lowest BCUT2D eigenvalue weighted by Gasteiger charge is -2.25. The Morgan fingerprint density at radius 1 is 1.28 bits per heavy atom. The van der Waals surface area contributed by atoms with Crippen LogP contribution in [0.3, 0.4) is 0 Å². The smallest absolute Gasteiger partial charge is 0.366 e. The van der Waals surface area contributed by atoms with E-state index in [1.807, 2.05) is 5.92 Å². The van der Waals surface area contributed by atoms with Crippen molar-refractivity contribution in [1.29, 1.82) is 0 Å². The summed E-state index contributed by atoms with van der Waals surface area (Å²) in [6.45, 7) is 0. The zero-order chi connectivity index (χ0) is 13.4. The van der Waals surface area contributed by atoms with E-state index in [0.29, 0.717) is 0 Å². The third-order valence-corrected chi connectivity index (χ3v) is 2.92. The molecule has 0 bridgehead atoms. The van der Waals surface area contributed by atoms with Gasteiger partial charge in [0.05, 0.1) is 0 Å². The zero-order valence-corrected chi connectivity index (χ0v) is 10.0. The molecule has 0 spiro atoms. The molecule has 1 atom stereocenters. The summed E-state index contributed by atoms with van der Waals surface area (Å²) in [5.41, 5.74) is -3.50. The van der Waals surface area contributed by atoms with Gasteiger partial charge in [0, 0.05) is 16.5 Å². The predicted octanol–water partition coefficient (Wildman–Crippen LogP) is 3.50. The fourth-order valence-corrected chi connectivity index (χ4v) is 1.64. The predicted molar refractivity (Wildman–Crippen MR) is 61.9 cm³/mol. The van der Waals surface area contributed by atoms with E-state index in [9.17, 15) is 18.3 Å². The molecule has 18 heavy (non-hydrogen) atoms. The van der Waals surface area contributed by atoms with Gasteiger partial charge in [-0.3, -0.25) is 0 Å². The molecule has 1 saturated carbocycles. The third-order valence-electron chi connectivity index (χ3n) is 2.69. The minimum absolute atomic E-state index is 0.0296. The maximum Gasteiger partial charge on any atom is 0.433 e. The average Bonchev–Trinajstić information content (AvgIpc) is 3.08. The van der Waals surface area contributed by atoms with Crippen LogP contribution in [0.25, 0.3) is 0 Å². The molecule has 5 heteroatoms. The van der Waals surface area contributed by atoms with Crippen molar-refractivity contribution >= 4 is 11.6 Å². The van der Waals surface area contributed by atoms with E-state index in [1.54, 1.807) is 0 Å². The molecule has 0 aliphatic heterocycles. The van der Waals surface area contributed by atoms with Crippen LogP contribution in [0.4, 0.5) is 13.2 Å². The van der Waals surface area contributed by atoms with Crippen molar-refractivity contribution < 1.29 is 18.3 Å². The minimum Gasteiger partial charge on any atom is -0.366 e. The Balaban J connectivity index is 2.45. The number of aliphatic hydroxyl groups is 1. The van der Waals surface area contributed by atoms with Gasteiger partial charge in [0.2, 0.25) is 5.60 Å². The van der Waals surface area contributed by atoms with Crippen molar-refractivity contribution in [2.24, 2.45) is 5.92 Å². The molecular weight excluding hydrogens is 265 g/mol. The van der Waals surface area contributed by atoms with E-state index < -0.39 is 11.8 Å². The van der Waals surface area contributed by atoms with Crippen LogP contribution in [0.5, 0.6) is 0 Å². The Labute approximate surface area is 108 Å². The number of hydrogen-bond donors (Lipinski definition) is 1. The van der Waals surface area contributed by atoms with Gasteiger partial charge in [-0.15, -0.1) is 0 Å². The van der Waals surface area contributed by atoms with Gasteiger partial charge in [0.25, 0.3) is 0 Å². The second-order valence-corrected chi connectivity index (χ2v) is 4.70. The quantitative estimate of drug-likeness (QED) is 0.777. The first kappa shape index (κ1) is 13.3. The van der Waals surface area contributed by atoms with E-state index in [-0.39, 0.29) is 16.5 Å². The summed E-state index contributed by atoms with van der Waals surface area (Å²) in [6, 6.07) is 5.04. The topological polar surface area (TPSA) is 20.2 Å². The zero-order valence-electron chi connectivity index (χ0n) is 9.26. The number of benzene rings is 1. The van der Waals surface area contributed by atoms with Crippen molar-refractivity contribution in [1.82, 2.24) is 0 Å². The van der Waals surface area contributed by atoms with Gasteiger partial charge >= 0.3 is 6.18 Å². The lowest BCUT2D eigenvalue weighted by atomic mass is 9.93. The molecule has 1 aliphatic rings. The van der Waals surface area contributed by atoms with Crippen LogP contribution >= 0.6 is 11.6 Å². The fourth-order valence-electron chi connectivity index (χ4n) is 1.45. The number of alkyl halides is 3. The molecule has 0 aromatic heterocycles. The highest BCUT2D eigenvalue weighted by atomic mass is 35.5. The number of rotatable bonds is 1. The summed E-state index contributed by atoms with van der Waals surface area (Å²) in [7, 11) is 0. The van der Waals surface area contributed by atoms with Crippen LogP contribution in [0.15, 0.2) is 24.3 Å². The number of halogens is 4. The van der Waals surface area contributed by atoms with Gasteiger partial charge in [0.15, 0.2) is 0 Å². The molecule has 1 aromatic carbocycles. The summed E-state index contributed by atoms with van der Waals surface area (Å²) in [5, 5.41) is 9.99. The molecule has 96 valence electrons. The van der Waals surface area contributed by atoms with Crippen LogP contribution in [0.2, 0.25) is 5.02 Å². The molecule has 2 rings (SSSR count). The maximum absolute atomic E-state index is 13.0. The van der Waals surface area contributed by atoms with Gasteiger partial charge in [-0.2, -0.15) is 13.2 Å². The first-order chi connectivity index (χ1) is 8.33. The highest BCUT2D eigenvalue weighted by Crippen LogP contribution is 2.40. The molecule has 0 amide bonds. The standard InChI is InChI=1S/C13H10ClF3O/c14-11-3-1-2-10(8-11)12(18,13(15,16)17)7-6-9-4-5-9/h1-3,8-9,18H,4-5H2. The summed E-state index contributed by atoms with van der Waals surface area (Å²) < 4.78 is 39.0. The van der Waals surface area contributed by atoms with Gasteiger partial charge < -0.3 is 5.11 Å². The minimum atomic E-state index is -4.86. The van der Waals surface area contributed by atoms with Crippen LogP contribution in [0.1, 0.15) is 18.4 Å². The van der Waals surface area contributed by atoms with E-state index in [1.165, 1.54) is 18.2 Å². The summed E-state index contributed by atoms with van der Waals surface area (Å²) >= 11 is 5.65. The lowest BCUT2D eigenvalue weighted by Crippen LogP contribution is -2.41. The molecule has 1 fully saturated rings. The van der Waals surface area contributed by atoms with Crippen molar-refractivity contribution in [3.8, 4) is 11.8 Å². The Kier molecular flexibility index (Phi) is 3.31. The Morgan fingerprint density at radius 3 is 2.44 bits per heavy atom. The van der Waals surface area contributed by atoms with Gasteiger partial charge in [-0.25, -0.2) is 0 Å². The van der Waals surface area contributed by atoms with Crippen LogP contribution < -0.4 is 0 Å². The van der Waals surface area contributed by atoms with Crippen molar-refractivity contribution in [3.05, 3.63) is 34.9 Å². The SMILES string of the molecule is OC(C#CC1CC1)(c1cccc(Cl)c1)C(F)(F)F. The molecule has 0 saturated heterocycles. The molecular formula is C13H10ClF3O. The largest absolute Gasteiger partial charge is 0.433 e. The molecule has 1 nitrogen and oxygen atoms in total. The first-order valence-electron chi connectivity index (χ1n) is 5.41. The van der Waals surface area contributed by atoms with E-state index >= 15 is 0 Å². The molecule has 1 aromatic rings. The second kappa shape index (κ2) is 4.49. The first-order valence-corrected chi connectivity index (χ1v) is 5.78.